The number of aliphatic hydroxyl groups excluding tert-OH is 1. The normalized spacial score (nSPS) is 12.4. The Hall–Kier alpha value is -1.49. The Morgan fingerprint density at radius 3 is 2.40 bits per heavy atom. The highest BCUT2D eigenvalue weighted by molar-refractivity contribution is 6.30. The molecule has 2 N–H and O–H groups in total. The molecule has 0 bridgehead atoms. The maximum absolute atomic E-state index is 13.5. The number of benzene rings is 2. The Morgan fingerprint density at radius 2 is 1.80 bits per heavy atom. The highest BCUT2D eigenvalue weighted by atomic mass is 35.5. The molecule has 0 fully saturated rings. The molecule has 1 unspecified atom stereocenters. The van der Waals surface area contributed by atoms with Crippen LogP contribution in [0.5, 0.6) is 0 Å². The fourth-order valence-corrected chi connectivity index (χ4v) is 2.01. The third-order valence-electron chi connectivity index (χ3n) is 3.01. The van der Waals surface area contributed by atoms with Crippen molar-refractivity contribution in [2.45, 2.75) is 12.6 Å². The summed E-state index contributed by atoms with van der Waals surface area (Å²) < 4.78 is 26.3. The molecule has 0 aliphatic rings. The first-order chi connectivity index (χ1) is 9.60. The van der Waals surface area contributed by atoms with Gasteiger partial charge < -0.3 is 10.4 Å². The van der Waals surface area contributed by atoms with Crippen LogP contribution >= 0.6 is 11.6 Å². The van der Waals surface area contributed by atoms with Gasteiger partial charge in [0.25, 0.3) is 0 Å². The number of halogens is 3. The maximum Gasteiger partial charge on any atom is 0.130 e. The first-order valence-electron chi connectivity index (χ1n) is 6.14. The molecule has 2 aromatic rings. The van der Waals surface area contributed by atoms with Gasteiger partial charge in [-0.1, -0.05) is 29.8 Å². The second-order valence-electron chi connectivity index (χ2n) is 4.40. The highest BCUT2D eigenvalue weighted by Crippen LogP contribution is 2.17. The van der Waals surface area contributed by atoms with Crippen LogP contribution in [0.1, 0.15) is 17.2 Å². The topological polar surface area (TPSA) is 32.3 Å². The van der Waals surface area contributed by atoms with E-state index in [1.165, 1.54) is 12.1 Å². The van der Waals surface area contributed by atoms with E-state index in [1.807, 2.05) is 0 Å². The van der Waals surface area contributed by atoms with Gasteiger partial charge in [0.2, 0.25) is 0 Å². The van der Waals surface area contributed by atoms with Crippen LogP contribution < -0.4 is 5.32 Å². The molecular formula is C15H14ClF2NO. The fourth-order valence-electron chi connectivity index (χ4n) is 1.88. The second kappa shape index (κ2) is 6.79. The van der Waals surface area contributed by atoms with Gasteiger partial charge in [0.05, 0.1) is 12.6 Å². The highest BCUT2D eigenvalue weighted by Gasteiger charge is 2.11. The molecule has 0 amide bonds. The smallest absolute Gasteiger partial charge is 0.130 e. The summed E-state index contributed by atoms with van der Waals surface area (Å²) in [6.07, 6.45) is 0. The summed E-state index contributed by atoms with van der Waals surface area (Å²) >= 11 is 5.80. The predicted octanol–water partition coefficient (Wildman–Crippen LogP) is 3.44. The van der Waals surface area contributed by atoms with Crippen molar-refractivity contribution in [3.05, 3.63) is 70.2 Å². The molecule has 0 spiro atoms. The van der Waals surface area contributed by atoms with Gasteiger partial charge in [0, 0.05) is 23.2 Å². The Labute approximate surface area is 121 Å². The summed E-state index contributed by atoms with van der Waals surface area (Å²) in [5, 5.41) is 13.0. The number of aliphatic hydroxyl groups is 1. The third kappa shape index (κ3) is 3.76. The molecule has 106 valence electrons. The molecule has 5 heteroatoms. The standard InChI is InChI=1S/C15H14ClF2NO/c16-12-4-1-10(2-5-12)15(9-20)19-8-11-3-6-13(17)7-14(11)18/h1-7,15,19-20H,8-9H2. The van der Waals surface area contributed by atoms with E-state index >= 15 is 0 Å². The van der Waals surface area contributed by atoms with Crippen molar-refractivity contribution < 1.29 is 13.9 Å². The lowest BCUT2D eigenvalue weighted by Gasteiger charge is -2.17. The maximum atomic E-state index is 13.5. The summed E-state index contributed by atoms with van der Waals surface area (Å²) in [7, 11) is 0. The second-order valence-corrected chi connectivity index (χ2v) is 4.84. The van der Waals surface area contributed by atoms with E-state index in [4.69, 9.17) is 11.6 Å². The van der Waals surface area contributed by atoms with E-state index in [0.29, 0.717) is 10.6 Å². The average molecular weight is 298 g/mol. The molecule has 0 saturated heterocycles. The molecule has 1 atom stereocenters. The van der Waals surface area contributed by atoms with Crippen LogP contribution in [-0.4, -0.2) is 11.7 Å². The molecular weight excluding hydrogens is 284 g/mol. The molecule has 0 radical (unpaired) electrons. The number of rotatable bonds is 5. The molecule has 2 nitrogen and oxygen atoms in total. The van der Waals surface area contributed by atoms with Crippen molar-refractivity contribution in [1.29, 1.82) is 0 Å². The van der Waals surface area contributed by atoms with Crippen molar-refractivity contribution in [3.8, 4) is 0 Å². The van der Waals surface area contributed by atoms with E-state index in [1.54, 1.807) is 24.3 Å². The number of nitrogens with one attached hydrogen (secondary N) is 1. The van der Waals surface area contributed by atoms with Crippen LogP contribution in [0.4, 0.5) is 8.78 Å². The zero-order valence-corrected chi connectivity index (χ0v) is 11.4. The summed E-state index contributed by atoms with van der Waals surface area (Å²) in [4.78, 5) is 0. The minimum Gasteiger partial charge on any atom is -0.394 e. The number of hydrogen-bond acceptors (Lipinski definition) is 2. The Balaban J connectivity index is 2.05. The predicted molar refractivity (Wildman–Crippen MR) is 74.5 cm³/mol. The Kier molecular flexibility index (Phi) is 5.06. The molecule has 2 aromatic carbocycles. The Morgan fingerprint density at radius 1 is 1.10 bits per heavy atom. The summed E-state index contributed by atoms with van der Waals surface area (Å²) in [5.74, 6) is -1.21. The lowest BCUT2D eigenvalue weighted by Crippen LogP contribution is -2.24. The van der Waals surface area contributed by atoms with Crippen LogP contribution in [0.25, 0.3) is 0 Å². The van der Waals surface area contributed by atoms with Gasteiger partial charge >= 0.3 is 0 Å². The lowest BCUT2D eigenvalue weighted by atomic mass is 10.1. The van der Waals surface area contributed by atoms with Crippen LogP contribution in [0.15, 0.2) is 42.5 Å². The van der Waals surface area contributed by atoms with Crippen LogP contribution in [0.2, 0.25) is 5.02 Å². The van der Waals surface area contributed by atoms with Crippen molar-refractivity contribution in [2.24, 2.45) is 0 Å². The fraction of sp³-hybridized carbons (Fsp3) is 0.200. The molecule has 2 rings (SSSR count). The third-order valence-corrected chi connectivity index (χ3v) is 3.26. The minimum absolute atomic E-state index is 0.134. The molecule has 0 heterocycles. The van der Waals surface area contributed by atoms with Gasteiger partial charge in [-0.3, -0.25) is 0 Å². The zero-order valence-electron chi connectivity index (χ0n) is 10.6. The molecule has 0 aliphatic carbocycles. The molecule has 0 aliphatic heterocycles. The van der Waals surface area contributed by atoms with Gasteiger partial charge in [-0.25, -0.2) is 8.78 Å². The van der Waals surface area contributed by atoms with E-state index in [0.717, 1.165) is 11.6 Å². The van der Waals surface area contributed by atoms with Gasteiger partial charge in [-0.2, -0.15) is 0 Å². The van der Waals surface area contributed by atoms with Crippen LogP contribution in [0.3, 0.4) is 0 Å². The van der Waals surface area contributed by atoms with Gasteiger partial charge in [-0.05, 0) is 23.8 Å². The van der Waals surface area contributed by atoms with E-state index in [2.05, 4.69) is 5.32 Å². The van der Waals surface area contributed by atoms with Crippen molar-refractivity contribution in [1.82, 2.24) is 5.32 Å². The average Bonchev–Trinajstić information content (AvgIpc) is 2.43. The molecule has 20 heavy (non-hydrogen) atoms. The SMILES string of the molecule is OCC(NCc1ccc(F)cc1F)c1ccc(Cl)cc1. The minimum atomic E-state index is -0.609. The van der Waals surface area contributed by atoms with E-state index in [-0.39, 0.29) is 19.2 Å². The molecule has 0 aromatic heterocycles. The van der Waals surface area contributed by atoms with Crippen molar-refractivity contribution >= 4 is 11.6 Å². The van der Waals surface area contributed by atoms with Crippen LogP contribution in [0, 0.1) is 11.6 Å². The summed E-state index contributed by atoms with van der Waals surface area (Å²) in [6.45, 7) is 0.0599. The monoisotopic (exact) mass is 297 g/mol. The zero-order chi connectivity index (χ0) is 14.5. The van der Waals surface area contributed by atoms with Gasteiger partial charge in [0.1, 0.15) is 11.6 Å². The summed E-state index contributed by atoms with van der Waals surface area (Å²) in [6, 6.07) is 10.1. The van der Waals surface area contributed by atoms with Gasteiger partial charge in [-0.15, -0.1) is 0 Å². The van der Waals surface area contributed by atoms with Crippen molar-refractivity contribution in [3.63, 3.8) is 0 Å². The quantitative estimate of drug-likeness (QED) is 0.886. The first-order valence-corrected chi connectivity index (χ1v) is 6.51. The Bertz CT molecular complexity index is 575. The largest absolute Gasteiger partial charge is 0.394 e. The van der Waals surface area contributed by atoms with E-state index < -0.39 is 11.6 Å². The molecule has 0 saturated carbocycles. The van der Waals surface area contributed by atoms with Crippen molar-refractivity contribution in [2.75, 3.05) is 6.61 Å². The first kappa shape index (κ1) is 14.9. The lowest BCUT2D eigenvalue weighted by molar-refractivity contribution is 0.243. The van der Waals surface area contributed by atoms with E-state index in [9.17, 15) is 13.9 Å². The number of hydrogen-bond donors (Lipinski definition) is 2. The summed E-state index contributed by atoms with van der Waals surface area (Å²) in [5.41, 5.74) is 1.19. The van der Waals surface area contributed by atoms with Crippen LogP contribution in [-0.2, 0) is 6.54 Å². The van der Waals surface area contributed by atoms with Gasteiger partial charge in [0.15, 0.2) is 0 Å².